The van der Waals surface area contributed by atoms with Gasteiger partial charge in [-0.15, -0.1) is 11.3 Å². The summed E-state index contributed by atoms with van der Waals surface area (Å²) in [5.41, 5.74) is 1.20. The van der Waals surface area contributed by atoms with Crippen LogP contribution in [0.15, 0.2) is 11.6 Å². The van der Waals surface area contributed by atoms with Crippen molar-refractivity contribution < 1.29 is 9.90 Å². The van der Waals surface area contributed by atoms with Crippen LogP contribution in [-0.2, 0) is 11.2 Å². The van der Waals surface area contributed by atoms with Crippen LogP contribution >= 0.6 is 11.3 Å². The molecule has 0 atom stereocenters. The lowest BCUT2D eigenvalue weighted by molar-refractivity contribution is -0.122. The minimum absolute atomic E-state index is 0.0416. The third kappa shape index (κ3) is 3.27. The number of hydrogen-bond acceptors (Lipinski definition) is 4. The summed E-state index contributed by atoms with van der Waals surface area (Å²) in [6, 6.07) is 0. The number of aromatic nitrogens is 2. The molecule has 0 unspecified atom stereocenters. The lowest BCUT2D eigenvalue weighted by Gasteiger charge is -2.32. The van der Waals surface area contributed by atoms with E-state index in [9.17, 15) is 9.90 Å². The molecule has 2 aromatic heterocycles. The number of aliphatic hydroxyl groups is 1. The second kappa shape index (κ2) is 5.77. The van der Waals surface area contributed by atoms with Crippen LogP contribution in [0.3, 0.4) is 0 Å². The first-order chi connectivity index (χ1) is 10.1. The molecule has 0 aliphatic heterocycles. The van der Waals surface area contributed by atoms with Gasteiger partial charge in [-0.1, -0.05) is 19.3 Å². The molecule has 2 N–H and O–H groups in total. The van der Waals surface area contributed by atoms with Crippen LogP contribution in [-0.4, -0.2) is 32.5 Å². The number of hydrogen-bond donors (Lipinski definition) is 2. The molecule has 0 spiro atoms. The average Bonchev–Trinajstić information content (AvgIpc) is 2.98. The number of carbonyl (C=O) groups is 1. The molecule has 6 heteroatoms. The van der Waals surface area contributed by atoms with Gasteiger partial charge >= 0.3 is 0 Å². The summed E-state index contributed by atoms with van der Waals surface area (Å²) < 4.78 is 1.97. The van der Waals surface area contributed by atoms with Gasteiger partial charge in [0.05, 0.1) is 17.7 Å². The van der Waals surface area contributed by atoms with E-state index in [0.717, 1.165) is 42.0 Å². The lowest BCUT2D eigenvalue weighted by Crippen LogP contribution is -2.44. The SMILES string of the molecule is Cc1cn2c(CC(=O)NCC3(O)CCCCC3)csc2n1. The number of thiazole rings is 1. The highest BCUT2D eigenvalue weighted by atomic mass is 32.1. The topological polar surface area (TPSA) is 66.6 Å². The molecular formula is C15H21N3O2S. The predicted molar refractivity (Wildman–Crippen MR) is 82.6 cm³/mol. The zero-order valence-electron chi connectivity index (χ0n) is 12.3. The van der Waals surface area contributed by atoms with Crippen LogP contribution in [0.4, 0.5) is 0 Å². The van der Waals surface area contributed by atoms with E-state index >= 15 is 0 Å². The fraction of sp³-hybridized carbons (Fsp3) is 0.600. The Kier molecular flexibility index (Phi) is 3.99. The third-order valence-electron chi connectivity index (χ3n) is 4.14. The molecule has 21 heavy (non-hydrogen) atoms. The highest BCUT2D eigenvalue weighted by Crippen LogP contribution is 2.27. The molecule has 2 heterocycles. The minimum Gasteiger partial charge on any atom is -0.388 e. The highest BCUT2D eigenvalue weighted by Gasteiger charge is 2.29. The van der Waals surface area contributed by atoms with E-state index in [1.807, 2.05) is 22.9 Å². The quantitative estimate of drug-likeness (QED) is 0.908. The van der Waals surface area contributed by atoms with Gasteiger partial charge in [0.1, 0.15) is 0 Å². The molecule has 1 aliphatic rings. The van der Waals surface area contributed by atoms with Crippen molar-refractivity contribution in [3.63, 3.8) is 0 Å². The zero-order chi connectivity index (χ0) is 14.9. The molecule has 0 radical (unpaired) electrons. The highest BCUT2D eigenvalue weighted by molar-refractivity contribution is 7.15. The normalized spacial score (nSPS) is 18.0. The van der Waals surface area contributed by atoms with Crippen molar-refractivity contribution in [2.75, 3.05) is 6.54 Å². The van der Waals surface area contributed by atoms with Crippen molar-refractivity contribution in [2.45, 2.75) is 51.0 Å². The van der Waals surface area contributed by atoms with E-state index in [1.165, 1.54) is 6.42 Å². The molecular weight excluding hydrogens is 286 g/mol. The Balaban J connectivity index is 1.58. The second-order valence-electron chi connectivity index (χ2n) is 6.00. The Labute approximate surface area is 128 Å². The molecule has 3 rings (SSSR count). The molecule has 1 aliphatic carbocycles. The number of aryl methyl sites for hydroxylation is 1. The summed E-state index contributed by atoms with van der Waals surface area (Å²) >= 11 is 1.54. The van der Waals surface area contributed by atoms with Crippen molar-refractivity contribution >= 4 is 22.2 Å². The largest absolute Gasteiger partial charge is 0.388 e. The van der Waals surface area contributed by atoms with Gasteiger partial charge in [0, 0.05) is 23.8 Å². The predicted octanol–water partition coefficient (Wildman–Crippen LogP) is 2.06. The fourth-order valence-corrected chi connectivity index (χ4v) is 3.86. The van der Waals surface area contributed by atoms with Gasteiger partial charge in [-0.25, -0.2) is 4.98 Å². The van der Waals surface area contributed by atoms with Gasteiger partial charge < -0.3 is 10.4 Å². The summed E-state index contributed by atoms with van der Waals surface area (Å²) in [6.07, 6.45) is 7.13. The number of nitrogens with one attached hydrogen (secondary N) is 1. The Morgan fingerprint density at radius 3 is 3.00 bits per heavy atom. The van der Waals surface area contributed by atoms with Crippen LogP contribution in [0.5, 0.6) is 0 Å². The zero-order valence-corrected chi connectivity index (χ0v) is 13.1. The molecule has 114 valence electrons. The second-order valence-corrected chi connectivity index (χ2v) is 6.84. The Morgan fingerprint density at radius 1 is 1.48 bits per heavy atom. The molecule has 1 fully saturated rings. The Morgan fingerprint density at radius 2 is 2.24 bits per heavy atom. The number of imidazole rings is 1. The maximum absolute atomic E-state index is 12.1. The minimum atomic E-state index is -0.705. The van der Waals surface area contributed by atoms with Crippen LogP contribution in [0, 0.1) is 6.92 Å². The summed E-state index contributed by atoms with van der Waals surface area (Å²) in [5, 5.41) is 15.2. The van der Waals surface area contributed by atoms with E-state index in [1.54, 1.807) is 11.3 Å². The molecule has 5 nitrogen and oxygen atoms in total. The number of rotatable bonds is 4. The third-order valence-corrected chi connectivity index (χ3v) is 5.03. The maximum Gasteiger partial charge on any atom is 0.226 e. The van der Waals surface area contributed by atoms with Gasteiger partial charge in [-0.2, -0.15) is 0 Å². The van der Waals surface area contributed by atoms with E-state index in [0.29, 0.717) is 13.0 Å². The Bertz CT molecular complexity index is 640. The van der Waals surface area contributed by atoms with Crippen LogP contribution < -0.4 is 5.32 Å². The number of fused-ring (bicyclic) bond motifs is 1. The number of carbonyl (C=O) groups excluding carboxylic acids is 1. The first-order valence-electron chi connectivity index (χ1n) is 7.47. The molecule has 0 saturated heterocycles. The van der Waals surface area contributed by atoms with E-state index in [4.69, 9.17) is 0 Å². The van der Waals surface area contributed by atoms with Crippen molar-refractivity contribution in [1.29, 1.82) is 0 Å². The van der Waals surface area contributed by atoms with Crippen molar-refractivity contribution in [2.24, 2.45) is 0 Å². The smallest absolute Gasteiger partial charge is 0.226 e. The monoisotopic (exact) mass is 307 g/mol. The summed E-state index contributed by atoms with van der Waals surface area (Å²) in [4.78, 5) is 17.4. The van der Waals surface area contributed by atoms with Gasteiger partial charge in [-0.3, -0.25) is 9.20 Å². The molecule has 1 amide bonds. The molecule has 0 bridgehead atoms. The van der Waals surface area contributed by atoms with E-state index in [2.05, 4.69) is 10.3 Å². The van der Waals surface area contributed by atoms with Crippen LogP contribution in [0.1, 0.15) is 43.5 Å². The van der Waals surface area contributed by atoms with E-state index < -0.39 is 5.60 Å². The standard InChI is InChI=1S/C15H21N3O2S/c1-11-8-18-12(9-21-14(18)17-11)7-13(19)16-10-15(20)5-3-2-4-6-15/h8-9,20H,2-7,10H2,1H3,(H,16,19). The van der Waals surface area contributed by atoms with Crippen molar-refractivity contribution in [1.82, 2.24) is 14.7 Å². The van der Waals surface area contributed by atoms with Gasteiger partial charge in [0.25, 0.3) is 0 Å². The van der Waals surface area contributed by atoms with Crippen LogP contribution in [0.25, 0.3) is 4.96 Å². The van der Waals surface area contributed by atoms with Crippen LogP contribution in [0.2, 0.25) is 0 Å². The first kappa shape index (κ1) is 14.5. The van der Waals surface area contributed by atoms with Gasteiger partial charge in [-0.05, 0) is 19.8 Å². The molecule has 0 aromatic carbocycles. The molecule has 1 saturated carbocycles. The van der Waals surface area contributed by atoms with Gasteiger partial charge in [0.15, 0.2) is 4.96 Å². The lowest BCUT2D eigenvalue weighted by atomic mass is 9.85. The molecule has 2 aromatic rings. The van der Waals surface area contributed by atoms with Crippen molar-refractivity contribution in [3.8, 4) is 0 Å². The van der Waals surface area contributed by atoms with Crippen molar-refractivity contribution in [3.05, 3.63) is 23.0 Å². The maximum atomic E-state index is 12.1. The first-order valence-corrected chi connectivity index (χ1v) is 8.35. The fourth-order valence-electron chi connectivity index (χ4n) is 2.95. The Hall–Kier alpha value is -1.40. The van der Waals surface area contributed by atoms with Gasteiger partial charge in [0.2, 0.25) is 5.91 Å². The summed E-state index contributed by atoms with van der Waals surface area (Å²) in [6.45, 7) is 2.31. The number of amides is 1. The van der Waals surface area contributed by atoms with E-state index in [-0.39, 0.29) is 5.91 Å². The number of nitrogens with zero attached hydrogens (tertiary/aromatic N) is 2. The summed E-state index contributed by atoms with van der Waals surface area (Å²) in [5.74, 6) is -0.0416. The average molecular weight is 307 g/mol. The summed E-state index contributed by atoms with van der Waals surface area (Å²) in [7, 11) is 0.